The Labute approximate surface area is 144 Å². The number of nitriles is 1. The van der Waals surface area contributed by atoms with Gasteiger partial charge >= 0.3 is 0 Å². The molecule has 2 heterocycles. The molecule has 0 spiro atoms. The van der Waals surface area contributed by atoms with Crippen molar-refractivity contribution >= 4 is 10.0 Å². The fourth-order valence-electron chi connectivity index (χ4n) is 4.19. The summed E-state index contributed by atoms with van der Waals surface area (Å²) < 4.78 is 27.6. The van der Waals surface area contributed by atoms with E-state index in [-0.39, 0.29) is 4.90 Å². The molecule has 24 heavy (non-hydrogen) atoms. The number of hydrogen-bond acceptors (Lipinski definition) is 4. The van der Waals surface area contributed by atoms with E-state index in [0.717, 1.165) is 12.8 Å². The number of benzene rings is 1. The van der Waals surface area contributed by atoms with E-state index in [4.69, 9.17) is 5.26 Å². The van der Waals surface area contributed by atoms with Crippen LogP contribution in [0.2, 0.25) is 0 Å². The lowest BCUT2D eigenvalue weighted by Crippen LogP contribution is -2.52. The van der Waals surface area contributed by atoms with Gasteiger partial charge in [-0.15, -0.1) is 0 Å². The minimum atomic E-state index is -3.54. The van der Waals surface area contributed by atoms with Crippen molar-refractivity contribution in [2.75, 3.05) is 13.1 Å². The molecule has 1 aromatic rings. The van der Waals surface area contributed by atoms with Gasteiger partial charge in [0.15, 0.2) is 0 Å². The van der Waals surface area contributed by atoms with Gasteiger partial charge in [0.2, 0.25) is 10.0 Å². The Hall–Kier alpha value is -1.42. The van der Waals surface area contributed by atoms with E-state index in [1.807, 2.05) is 6.07 Å². The molecule has 2 saturated heterocycles. The first kappa shape index (κ1) is 17.4. The molecule has 0 saturated carbocycles. The molecule has 0 radical (unpaired) electrons. The van der Waals surface area contributed by atoms with E-state index in [0.29, 0.717) is 36.8 Å². The second-order valence-corrected chi connectivity index (χ2v) is 8.96. The summed E-state index contributed by atoms with van der Waals surface area (Å²) in [4.78, 5) is 2.73. The first-order chi connectivity index (χ1) is 11.4. The molecule has 0 amide bonds. The van der Waals surface area contributed by atoms with Gasteiger partial charge in [-0.2, -0.15) is 9.57 Å². The largest absolute Gasteiger partial charge is 0.294 e. The van der Waals surface area contributed by atoms with Crippen LogP contribution in [-0.4, -0.2) is 48.8 Å². The zero-order chi connectivity index (χ0) is 17.3. The summed E-state index contributed by atoms with van der Waals surface area (Å²) in [6.45, 7) is 5.60. The Morgan fingerprint density at radius 3 is 2.54 bits per heavy atom. The molecule has 1 aromatic carbocycles. The molecule has 2 aliphatic heterocycles. The SMILES string of the molecule is C[C@@H]1CC[C@@H](C)N1[C@@H]1CCCN(S(=O)(=O)c2cccc(C#N)c2)C1. The molecule has 6 heteroatoms. The monoisotopic (exact) mass is 347 g/mol. The van der Waals surface area contributed by atoms with Crippen molar-refractivity contribution in [3.05, 3.63) is 29.8 Å². The standard InChI is InChI=1S/C18H25N3O2S/c1-14-8-9-15(2)21(14)17-6-4-10-20(13-17)24(22,23)18-7-3-5-16(11-18)12-19/h3,5,7,11,14-15,17H,4,6,8-10,13H2,1-2H3/t14-,15-,17-/m1/s1. The molecule has 3 rings (SSSR count). The predicted molar refractivity (Wildman–Crippen MR) is 92.9 cm³/mol. The van der Waals surface area contributed by atoms with Gasteiger partial charge in [-0.05, 0) is 57.7 Å². The Bertz CT molecular complexity index is 731. The van der Waals surface area contributed by atoms with E-state index in [9.17, 15) is 8.42 Å². The number of likely N-dealkylation sites (tertiary alicyclic amines) is 1. The first-order valence-corrected chi connectivity index (χ1v) is 10.1. The van der Waals surface area contributed by atoms with Crippen LogP contribution in [0.15, 0.2) is 29.2 Å². The van der Waals surface area contributed by atoms with Crippen LogP contribution in [0.4, 0.5) is 0 Å². The maximum Gasteiger partial charge on any atom is 0.243 e. The lowest BCUT2D eigenvalue weighted by Gasteiger charge is -2.41. The summed E-state index contributed by atoms with van der Waals surface area (Å²) in [7, 11) is -3.54. The number of sulfonamides is 1. The highest BCUT2D eigenvalue weighted by molar-refractivity contribution is 7.89. The minimum Gasteiger partial charge on any atom is -0.294 e. The van der Waals surface area contributed by atoms with Crippen LogP contribution in [0, 0.1) is 11.3 Å². The van der Waals surface area contributed by atoms with E-state index in [1.54, 1.807) is 22.5 Å². The maximum absolute atomic E-state index is 13.0. The van der Waals surface area contributed by atoms with E-state index in [2.05, 4.69) is 18.7 Å². The average molecular weight is 347 g/mol. The van der Waals surface area contributed by atoms with Gasteiger partial charge in [-0.3, -0.25) is 4.90 Å². The predicted octanol–water partition coefficient (Wildman–Crippen LogP) is 2.58. The average Bonchev–Trinajstić information content (AvgIpc) is 2.93. The third-order valence-electron chi connectivity index (χ3n) is 5.40. The zero-order valence-electron chi connectivity index (χ0n) is 14.4. The quantitative estimate of drug-likeness (QED) is 0.843. The Morgan fingerprint density at radius 1 is 1.17 bits per heavy atom. The minimum absolute atomic E-state index is 0.227. The highest BCUT2D eigenvalue weighted by Crippen LogP contribution is 2.31. The van der Waals surface area contributed by atoms with Gasteiger partial charge in [0.1, 0.15) is 0 Å². The first-order valence-electron chi connectivity index (χ1n) is 8.71. The van der Waals surface area contributed by atoms with Gasteiger partial charge in [-0.25, -0.2) is 8.42 Å². The summed E-state index contributed by atoms with van der Waals surface area (Å²) in [6.07, 6.45) is 4.32. The molecule has 0 aliphatic carbocycles. The molecule has 2 fully saturated rings. The molecule has 0 unspecified atom stereocenters. The molecule has 2 aliphatic rings. The number of piperidine rings is 1. The molecule has 0 bridgehead atoms. The van der Waals surface area contributed by atoms with Crippen LogP contribution in [0.1, 0.15) is 45.1 Å². The topological polar surface area (TPSA) is 64.4 Å². The fraction of sp³-hybridized carbons (Fsp3) is 0.611. The normalized spacial score (nSPS) is 29.5. The van der Waals surface area contributed by atoms with Crippen molar-refractivity contribution in [2.45, 2.75) is 62.6 Å². The molecule has 3 atom stereocenters. The number of rotatable bonds is 3. The van der Waals surface area contributed by atoms with Crippen LogP contribution in [0.5, 0.6) is 0 Å². The maximum atomic E-state index is 13.0. The van der Waals surface area contributed by atoms with Crippen LogP contribution in [-0.2, 0) is 10.0 Å². The Morgan fingerprint density at radius 2 is 1.88 bits per heavy atom. The lowest BCUT2D eigenvalue weighted by atomic mass is 10.0. The summed E-state index contributed by atoms with van der Waals surface area (Å²) in [6, 6.07) is 9.68. The third-order valence-corrected chi connectivity index (χ3v) is 7.26. The molecule has 130 valence electrons. The van der Waals surface area contributed by atoms with Crippen molar-refractivity contribution < 1.29 is 8.42 Å². The fourth-order valence-corrected chi connectivity index (χ4v) is 5.75. The Kier molecular flexibility index (Phi) is 4.95. The highest BCUT2D eigenvalue weighted by Gasteiger charge is 2.38. The van der Waals surface area contributed by atoms with Crippen molar-refractivity contribution in [3.8, 4) is 6.07 Å². The molecule has 0 N–H and O–H groups in total. The van der Waals surface area contributed by atoms with Gasteiger partial charge in [0.25, 0.3) is 0 Å². The summed E-state index contributed by atoms with van der Waals surface area (Å²) in [5, 5.41) is 9.02. The van der Waals surface area contributed by atoms with Gasteiger partial charge in [0.05, 0.1) is 16.5 Å². The lowest BCUT2D eigenvalue weighted by molar-refractivity contribution is 0.0979. The van der Waals surface area contributed by atoms with E-state index in [1.165, 1.54) is 18.9 Å². The highest BCUT2D eigenvalue weighted by atomic mass is 32.2. The van der Waals surface area contributed by atoms with Gasteiger partial charge in [-0.1, -0.05) is 6.07 Å². The molecule has 5 nitrogen and oxygen atoms in total. The zero-order valence-corrected chi connectivity index (χ0v) is 15.2. The summed E-state index contributed by atoms with van der Waals surface area (Å²) >= 11 is 0. The third kappa shape index (κ3) is 3.21. The summed E-state index contributed by atoms with van der Waals surface area (Å²) in [5.41, 5.74) is 0.381. The van der Waals surface area contributed by atoms with Crippen LogP contribution >= 0.6 is 0 Å². The van der Waals surface area contributed by atoms with Crippen LogP contribution in [0.3, 0.4) is 0 Å². The smallest absolute Gasteiger partial charge is 0.243 e. The van der Waals surface area contributed by atoms with Crippen molar-refractivity contribution in [1.82, 2.24) is 9.21 Å². The van der Waals surface area contributed by atoms with Crippen molar-refractivity contribution in [1.29, 1.82) is 5.26 Å². The van der Waals surface area contributed by atoms with Crippen molar-refractivity contribution in [3.63, 3.8) is 0 Å². The number of nitrogens with zero attached hydrogens (tertiary/aromatic N) is 3. The number of hydrogen-bond donors (Lipinski definition) is 0. The van der Waals surface area contributed by atoms with Gasteiger partial charge in [0, 0.05) is 31.2 Å². The van der Waals surface area contributed by atoms with E-state index >= 15 is 0 Å². The molecular formula is C18H25N3O2S. The van der Waals surface area contributed by atoms with Crippen LogP contribution < -0.4 is 0 Å². The van der Waals surface area contributed by atoms with E-state index < -0.39 is 10.0 Å². The summed E-state index contributed by atoms with van der Waals surface area (Å²) in [5.74, 6) is 0. The second-order valence-electron chi connectivity index (χ2n) is 7.02. The van der Waals surface area contributed by atoms with Gasteiger partial charge < -0.3 is 0 Å². The second kappa shape index (κ2) is 6.83. The molecule has 0 aromatic heterocycles. The Balaban J connectivity index is 1.82. The van der Waals surface area contributed by atoms with Crippen molar-refractivity contribution in [2.24, 2.45) is 0 Å². The van der Waals surface area contributed by atoms with Crippen LogP contribution in [0.25, 0.3) is 0 Å². The molecular weight excluding hydrogens is 322 g/mol.